The molecule has 1 fully saturated rings. The minimum atomic E-state index is -3.43. The maximum atomic E-state index is 12.8. The highest BCUT2D eigenvalue weighted by atomic mass is 32.2. The smallest absolute Gasteiger partial charge is 0.257 e. The third-order valence-corrected chi connectivity index (χ3v) is 7.62. The molecule has 1 aliphatic heterocycles. The van der Waals surface area contributed by atoms with Crippen LogP contribution in [-0.4, -0.2) is 44.9 Å². The molecule has 0 atom stereocenters. The van der Waals surface area contributed by atoms with E-state index in [1.165, 1.54) is 5.56 Å². The van der Waals surface area contributed by atoms with E-state index in [4.69, 9.17) is 4.74 Å². The number of nitrogens with one attached hydrogen (secondary N) is 1. The van der Waals surface area contributed by atoms with Crippen molar-refractivity contribution in [3.8, 4) is 5.75 Å². The first-order valence-electron chi connectivity index (χ1n) is 10.9. The molecular weight excluding hydrogens is 412 g/mol. The van der Waals surface area contributed by atoms with Gasteiger partial charge in [-0.05, 0) is 74.1 Å². The second kappa shape index (κ2) is 10.8. The molecule has 168 valence electrons. The van der Waals surface area contributed by atoms with Gasteiger partial charge >= 0.3 is 0 Å². The predicted molar refractivity (Wildman–Crippen MR) is 122 cm³/mol. The molecule has 2 aromatic rings. The molecule has 6 nitrogen and oxygen atoms in total. The Morgan fingerprint density at radius 2 is 1.65 bits per heavy atom. The fourth-order valence-electron chi connectivity index (χ4n) is 3.61. The molecule has 1 aliphatic rings. The lowest BCUT2D eigenvalue weighted by Gasteiger charge is -2.20. The molecule has 2 aromatic carbocycles. The molecule has 1 N–H and O–H groups in total. The molecule has 1 heterocycles. The van der Waals surface area contributed by atoms with Gasteiger partial charge in [0.2, 0.25) is 10.0 Å². The van der Waals surface area contributed by atoms with E-state index in [1.807, 2.05) is 44.2 Å². The van der Waals surface area contributed by atoms with Gasteiger partial charge in [0.15, 0.2) is 6.61 Å². The summed E-state index contributed by atoms with van der Waals surface area (Å²) in [4.78, 5) is 12.4. The Hall–Kier alpha value is -2.38. The van der Waals surface area contributed by atoms with Gasteiger partial charge in [-0.3, -0.25) is 4.79 Å². The summed E-state index contributed by atoms with van der Waals surface area (Å²) in [6, 6.07) is 12.7. The summed E-state index contributed by atoms with van der Waals surface area (Å²) in [5.74, 6) is 0.498. The first kappa shape index (κ1) is 23.3. The molecule has 1 amide bonds. The van der Waals surface area contributed by atoms with Crippen LogP contribution in [0.1, 0.15) is 42.4 Å². The zero-order valence-corrected chi connectivity index (χ0v) is 19.2. The third kappa shape index (κ3) is 6.55. The summed E-state index contributed by atoms with van der Waals surface area (Å²) in [5, 5.41) is 2.84. The van der Waals surface area contributed by atoms with Crippen LogP contribution in [0.2, 0.25) is 0 Å². The van der Waals surface area contributed by atoms with Crippen LogP contribution >= 0.6 is 0 Å². The molecule has 0 spiro atoms. The quantitative estimate of drug-likeness (QED) is 0.675. The number of amides is 1. The molecule has 0 bridgehead atoms. The van der Waals surface area contributed by atoms with E-state index in [1.54, 1.807) is 16.4 Å². The molecule has 0 saturated carbocycles. The first-order valence-corrected chi connectivity index (χ1v) is 12.4. The van der Waals surface area contributed by atoms with Gasteiger partial charge < -0.3 is 10.1 Å². The Labute approximate surface area is 185 Å². The molecule has 0 aromatic heterocycles. The van der Waals surface area contributed by atoms with Gasteiger partial charge in [-0.15, -0.1) is 0 Å². The highest BCUT2D eigenvalue weighted by Crippen LogP contribution is 2.21. The normalized spacial score (nSPS) is 15.3. The van der Waals surface area contributed by atoms with Crippen molar-refractivity contribution in [2.45, 2.75) is 50.8 Å². The number of sulfonamides is 1. The number of hydrogen-bond acceptors (Lipinski definition) is 4. The monoisotopic (exact) mass is 444 g/mol. The highest BCUT2D eigenvalue weighted by Gasteiger charge is 2.24. The summed E-state index contributed by atoms with van der Waals surface area (Å²) in [6.45, 7) is 5.67. The minimum Gasteiger partial charge on any atom is -0.484 e. The largest absolute Gasteiger partial charge is 0.484 e. The predicted octanol–water partition coefficient (Wildman–Crippen LogP) is 3.61. The Balaban J connectivity index is 1.45. The highest BCUT2D eigenvalue weighted by molar-refractivity contribution is 7.89. The zero-order chi connectivity index (χ0) is 22.3. The van der Waals surface area contributed by atoms with E-state index in [0.717, 1.165) is 36.8 Å². The molecular formula is C24H32N2O4S. The van der Waals surface area contributed by atoms with Gasteiger partial charge in [0.1, 0.15) is 5.75 Å². The van der Waals surface area contributed by atoms with Crippen LogP contribution < -0.4 is 10.1 Å². The number of carbonyl (C=O) groups is 1. The molecule has 31 heavy (non-hydrogen) atoms. The Morgan fingerprint density at radius 1 is 0.968 bits per heavy atom. The van der Waals surface area contributed by atoms with E-state index < -0.39 is 10.0 Å². The van der Waals surface area contributed by atoms with Gasteiger partial charge in [-0.1, -0.05) is 31.0 Å². The topological polar surface area (TPSA) is 75.7 Å². The van der Waals surface area contributed by atoms with Gasteiger partial charge in [0.25, 0.3) is 5.91 Å². The third-order valence-electron chi connectivity index (χ3n) is 5.71. The Kier molecular flexibility index (Phi) is 8.09. The van der Waals surface area contributed by atoms with Gasteiger partial charge in [-0.2, -0.15) is 4.31 Å². The fraction of sp³-hybridized carbons (Fsp3) is 0.458. The van der Waals surface area contributed by atoms with E-state index in [0.29, 0.717) is 36.7 Å². The number of carbonyl (C=O) groups excluding carboxylic acids is 1. The van der Waals surface area contributed by atoms with Crippen LogP contribution in [0.5, 0.6) is 5.75 Å². The second-order valence-electron chi connectivity index (χ2n) is 8.10. The molecule has 3 rings (SSSR count). The van der Waals surface area contributed by atoms with Crippen molar-refractivity contribution >= 4 is 15.9 Å². The Morgan fingerprint density at radius 3 is 2.29 bits per heavy atom. The lowest BCUT2D eigenvalue weighted by molar-refractivity contribution is -0.123. The van der Waals surface area contributed by atoms with E-state index >= 15 is 0 Å². The number of hydrogen-bond donors (Lipinski definition) is 1. The minimum absolute atomic E-state index is 0.0322. The average Bonchev–Trinajstić information content (AvgIpc) is 3.05. The van der Waals surface area contributed by atoms with Crippen LogP contribution in [0.25, 0.3) is 0 Å². The van der Waals surface area contributed by atoms with Crippen molar-refractivity contribution in [2.75, 3.05) is 26.2 Å². The van der Waals surface area contributed by atoms with Crippen molar-refractivity contribution in [1.29, 1.82) is 0 Å². The van der Waals surface area contributed by atoms with Crippen molar-refractivity contribution in [1.82, 2.24) is 9.62 Å². The molecule has 7 heteroatoms. The van der Waals surface area contributed by atoms with Crippen LogP contribution in [-0.2, 0) is 21.2 Å². The van der Waals surface area contributed by atoms with Crippen LogP contribution in [0.15, 0.2) is 47.4 Å². The summed E-state index contributed by atoms with van der Waals surface area (Å²) < 4.78 is 32.8. The van der Waals surface area contributed by atoms with E-state index in [-0.39, 0.29) is 12.5 Å². The standard InChI is InChI=1S/C24H32N2O4S/c1-19-7-10-22(17-20(19)2)30-18-24(27)25-14-13-21-8-11-23(12-9-21)31(28,29)26-15-5-3-4-6-16-26/h7-12,17H,3-6,13-16,18H2,1-2H3,(H,25,27). The second-order valence-corrected chi connectivity index (χ2v) is 10.0. The number of rotatable bonds is 8. The number of aryl methyl sites for hydroxylation is 2. The Bertz CT molecular complexity index is 979. The van der Waals surface area contributed by atoms with Crippen molar-refractivity contribution in [3.63, 3.8) is 0 Å². The number of benzene rings is 2. The van der Waals surface area contributed by atoms with Gasteiger partial charge in [0.05, 0.1) is 4.90 Å². The molecule has 0 aliphatic carbocycles. The number of ether oxygens (including phenoxy) is 1. The molecule has 1 saturated heterocycles. The first-order chi connectivity index (χ1) is 14.9. The van der Waals surface area contributed by atoms with Gasteiger partial charge in [0, 0.05) is 19.6 Å². The fourth-order valence-corrected chi connectivity index (χ4v) is 5.13. The zero-order valence-electron chi connectivity index (χ0n) is 18.4. The van der Waals surface area contributed by atoms with Gasteiger partial charge in [-0.25, -0.2) is 8.42 Å². The maximum Gasteiger partial charge on any atom is 0.257 e. The lowest BCUT2D eigenvalue weighted by Crippen LogP contribution is -2.32. The van der Waals surface area contributed by atoms with Crippen LogP contribution in [0.4, 0.5) is 0 Å². The summed E-state index contributed by atoms with van der Waals surface area (Å²) in [6.07, 6.45) is 4.65. The average molecular weight is 445 g/mol. The van der Waals surface area contributed by atoms with Crippen LogP contribution in [0.3, 0.4) is 0 Å². The lowest BCUT2D eigenvalue weighted by atomic mass is 10.1. The molecule has 0 unspecified atom stereocenters. The maximum absolute atomic E-state index is 12.8. The SMILES string of the molecule is Cc1ccc(OCC(=O)NCCc2ccc(S(=O)(=O)N3CCCCCC3)cc2)cc1C. The van der Waals surface area contributed by atoms with E-state index in [2.05, 4.69) is 5.32 Å². The van der Waals surface area contributed by atoms with Crippen molar-refractivity contribution in [2.24, 2.45) is 0 Å². The van der Waals surface area contributed by atoms with Crippen LogP contribution in [0, 0.1) is 13.8 Å². The molecule has 0 radical (unpaired) electrons. The number of nitrogens with zero attached hydrogens (tertiary/aromatic N) is 1. The van der Waals surface area contributed by atoms with E-state index in [9.17, 15) is 13.2 Å². The van der Waals surface area contributed by atoms with Crippen molar-refractivity contribution < 1.29 is 17.9 Å². The summed E-state index contributed by atoms with van der Waals surface area (Å²) in [5.41, 5.74) is 3.28. The summed E-state index contributed by atoms with van der Waals surface area (Å²) in [7, 11) is -3.43. The van der Waals surface area contributed by atoms with Crippen molar-refractivity contribution in [3.05, 3.63) is 59.2 Å². The summed E-state index contributed by atoms with van der Waals surface area (Å²) >= 11 is 0.